The average molecular weight is 358 g/mol. The molecule has 2 aromatic rings. The van der Waals surface area contributed by atoms with Crippen LogP contribution in [0, 0.1) is 5.92 Å². The number of benzene rings is 1. The summed E-state index contributed by atoms with van der Waals surface area (Å²) in [7, 11) is 0. The van der Waals surface area contributed by atoms with Crippen molar-refractivity contribution in [3.05, 3.63) is 54.7 Å². The predicted octanol–water partition coefficient (Wildman–Crippen LogP) is 3.28. The first kappa shape index (κ1) is 15.1. The van der Waals surface area contributed by atoms with E-state index in [2.05, 4.69) is 20.9 Å². The normalized spacial score (nSPS) is 11.1. The summed E-state index contributed by atoms with van der Waals surface area (Å²) in [5.74, 6) is 0.188. The molecule has 0 bridgehead atoms. The van der Waals surface area contributed by atoms with Crippen molar-refractivity contribution in [3.63, 3.8) is 0 Å². The maximum absolute atomic E-state index is 12.5. The van der Waals surface area contributed by atoms with E-state index in [9.17, 15) is 9.59 Å². The minimum Gasteiger partial charge on any atom is -0.297 e. The highest BCUT2D eigenvalue weighted by Crippen LogP contribution is 2.23. The van der Waals surface area contributed by atoms with Gasteiger partial charge in [-0.3, -0.25) is 14.3 Å². The third-order valence-corrected chi connectivity index (χ3v) is 3.63. The summed E-state index contributed by atoms with van der Waals surface area (Å²) in [5.41, 5.74) is 0.153. The molecule has 0 saturated carbocycles. The molecule has 2 rings (SSSR count). The van der Waals surface area contributed by atoms with Gasteiger partial charge in [0.25, 0.3) is 5.56 Å². The van der Waals surface area contributed by atoms with Gasteiger partial charge < -0.3 is 0 Å². The van der Waals surface area contributed by atoms with E-state index in [0.29, 0.717) is 17.7 Å². The molecule has 6 heteroatoms. The second-order valence-electron chi connectivity index (χ2n) is 4.94. The maximum Gasteiger partial charge on any atom is 0.329 e. The van der Waals surface area contributed by atoms with Crippen LogP contribution in [0.3, 0.4) is 0 Å². The molecular formula is C14H14BrClN2O2. The van der Waals surface area contributed by atoms with Crippen molar-refractivity contribution in [2.45, 2.75) is 20.4 Å². The van der Waals surface area contributed by atoms with Crippen LogP contribution in [0.25, 0.3) is 11.1 Å². The minimum absolute atomic E-state index is 0.0716. The van der Waals surface area contributed by atoms with Crippen molar-refractivity contribution in [2.24, 2.45) is 5.92 Å². The fourth-order valence-corrected chi connectivity index (χ4v) is 2.48. The molecule has 0 amide bonds. The van der Waals surface area contributed by atoms with Crippen LogP contribution in [-0.4, -0.2) is 9.55 Å². The van der Waals surface area contributed by atoms with Crippen LogP contribution < -0.4 is 11.2 Å². The molecule has 20 heavy (non-hydrogen) atoms. The number of halogens is 2. The largest absolute Gasteiger partial charge is 0.329 e. The van der Waals surface area contributed by atoms with Gasteiger partial charge in [0.15, 0.2) is 0 Å². The van der Waals surface area contributed by atoms with Crippen LogP contribution in [0.15, 0.2) is 38.3 Å². The summed E-state index contributed by atoms with van der Waals surface area (Å²) in [6, 6.07) is 7.21. The van der Waals surface area contributed by atoms with Crippen molar-refractivity contribution < 1.29 is 0 Å². The number of rotatable bonds is 3. The molecule has 1 aromatic heterocycles. The quantitative estimate of drug-likeness (QED) is 0.857. The Hall–Kier alpha value is -1.33. The highest BCUT2D eigenvalue weighted by Gasteiger charge is 2.15. The lowest BCUT2D eigenvalue weighted by Gasteiger charge is -2.11. The molecule has 4 nitrogen and oxygen atoms in total. The number of hydrogen-bond acceptors (Lipinski definition) is 2. The monoisotopic (exact) mass is 356 g/mol. The molecule has 0 aliphatic heterocycles. The highest BCUT2D eigenvalue weighted by molar-refractivity contribution is 9.10. The maximum atomic E-state index is 12.5. The molecular weight excluding hydrogens is 344 g/mol. The summed E-state index contributed by atoms with van der Waals surface area (Å²) in [6.07, 6.45) is 0. The summed E-state index contributed by atoms with van der Waals surface area (Å²) in [6.45, 7) is 4.24. The SMILES string of the molecule is CC(C)Cn1c(=O)[nH]c(Cl)c(-c2ccc(Br)cc2)c1=O. The molecule has 106 valence electrons. The smallest absolute Gasteiger partial charge is 0.297 e. The van der Waals surface area contributed by atoms with Gasteiger partial charge in [-0.25, -0.2) is 4.79 Å². The lowest BCUT2D eigenvalue weighted by Crippen LogP contribution is -2.37. The van der Waals surface area contributed by atoms with Gasteiger partial charge >= 0.3 is 5.69 Å². The van der Waals surface area contributed by atoms with Crippen LogP contribution in [0.4, 0.5) is 0 Å². The first-order chi connectivity index (χ1) is 9.40. The van der Waals surface area contributed by atoms with E-state index >= 15 is 0 Å². The zero-order chi connectivity index (χ0) is 14.9. The molecule has 0 spiro atoms. The van der Waals surface area contributed by atoms with E-state index in [0.717, 1.165) is 4.47 Å². The standard InChI is InChI=1S/C14H14BrClN2O2/c1-8(2)7-18-13(19)11(12(16)17-14(18)20)9-3-5-10(15)6-4-9/h3-6,8H,7H2,1-2H3,(H,17,20). The van der Waals surface area contributed by atoms with Gasteiger partial charge in [-0.2, -0.15) is 0 Å². The number of aromatic amines is 1. The van der Waals surface area contributed by atoms with Gasteiger partial charge in [0.1, 0.15) is 5.15 Å². The van der Waals surface area contributed by atoms with Crippen LogP contribution in [-0.2, 0) is 6.54 Å². The molecule has 0 fully saturated rings. The Kier molecular flexibility index (Phi) is 4.50. The molecule has 0 atom stereocenters. The third kappa shape index (κ3) is 3.04. The number of hydrogen-bond donors (Lipinski definition) is 1. The zero-order valence-electron chi connectivity index (χ0n) is 11.1. The average Bonchev–Trinajstić information content (AvgIpc) is 2.36. The predicted molar refractivity (Wildman–Crippen MR) is 84.3 cm³/mol. The Morgan fingerprint density at radius 1 is 1.25 bits per heavy atom. The van der Waals surface area contributed by atoms with Gasteiger partial charge in [0.2, 0.25) is 0 Å². The Morgan fingerprint density at radius 3 is 2.40 bits per heavy atom. The van der Waals surface area contributed by atoms with E-state index in [1.165, 1.54) is 4.57 Å². The van der Waals surface area contributed by atoms with Gasteiger partial charge in [0, 0.05) is 11.0 Å². The Labute approximate surface area is 129 Å². The van der Waals surface area contributed by atoms with Crippen LogP contribution in [0.5, 0.6) is 0 Å². The van der Waals surface area contributed by atoms with E-state index in [4.69, 9.17) is 11.6 Å². The van der Waals surface area contributed by atoms with Crippen LogP contribution in [0.1, 0.15) is 13.8 Å². The lowest BCUT2D eigenvalue weighted by atomic mass is 10.1. The van der Waals surface area contributed by atoms with Crippen LogP contribution >= 0.6 is 27.5 Å². The van der Waals surface area contributed by atoms with Gasteiger partial charge in [-0.05, 0) is 23.6 Å². The topological polar surface area (TPSA) is 54.9 Å². The zero-order valence-corrected chi connectivity index (χ0v) is 13.5. The minimum atomic E-state index is -0.477. The summed E-state index contributed by atoms with van der Waals surface area (Å²) < 4.78 is 2.10. The summed E-state index contributed by atoms with van der Waals surface area (Å²) in [4.78, 5) is 26.9. The second-order valence-corrected chi connectivity index (χ2v) is 6.23. The fourth-order valence-electron chi connectivity index (χ4n) is 1.94. The molecule has 0 saturated heterocycles. The van der Waals surface area contributed by atoms with Gasteiger partial charge in [-0.15, -0.1) is 0 Å². The summed E-state index contributed by atoms with van der Waals surface area (Å²) in [5, 5.41) is 0.0716. The molecule has 0 aliphatic carbocycles. The third-order valence-electron chi connectivity index (χ3n) is 2.82. The Morgan fingerprint density at radius 2 is 1.85 bits per heavy atom. The van der Waals surface area contributed by atoms with Crippen molar-refractivity contribution >= 4 is 27.5 Å². The second kappa shape index (κ2) is 5.97. The highest BCUT2D eigenvalue weighted by atomic mass is 79.9. The van der Waals surface area contributed by atoms with E-state index in [1.54, 1.807) is 12.1 Å². The van der Waals surface area contributed by atoms with Crippen molar-refractivity contribution in [1.29, 1.82) is 0 Å². The number of nitrogens with zero attached hydrogens (tertiary/aromatic N) is 1. The lowest BCUT2D eigenvalue weighted by molar-refractivity contribution is 0.493. The Balaban J connectivity index is 2.67. The van der Waals surface area contributed by atoms with E-state index in [1.807, 2.05) is 26.0 Å². The number of H-pyrrole nitrogens is 1. The molecule has 0 aliphatic rings. The fraction of sp³-hybridized carbons (Fsp3) is 0.286. The number of nitrogens with one attached hydrogen (secondary N) is 1. The Bertz CT molecular complexity index is 732. The van der Waals surface area contributed by atoms with Gasteiger partial charge in [-0.1, -0.05) is 53.5 Å². The van der Waals surface area contributed by atoms with E-state index in [-0.39, 0.29) is 16.6 Å². The van der Waals surface area contributed by atoms with Crippen LogP contribution in [0.2, 0.25) is 5.15 Å². The molecule has 1 N–H and O–H groups in total. The molecule has 0 unspecified atom stereocenters. The molecule has 0 radical (unpaired) electrons. The van der Waals surface area contributed by atoms with E-state index < -0.39 is 5.69 Å². The first-order valence-corrected chi connectivity index (χ1v) is 7.35. The van der Waals surface area contributed by atoms with Crippen molar-refractivity contribution in [1.82, 2.24) is 9.55 Å². The summed E-state index contributed by atoms with van der Waals surface area (Å²) >= 11 is 9.38. The molecule has 1 heterocycles. The number of aromatic nitrogens is 2. The molecule has 1 aromatic carbocycles. The van der Waals surface area contributed by atoms with Crippen molar-refractivity contribution in [2.75, 3.05) is 0 Å². The van der Waals surface area contributed by atoms with Crippen molar-refractivity contribution in [3.8, 4) is 11.1 Å². The van der Waals surface area contributed by atoms with Gasteiger partial charge in [0.05, 0.1) is 5.56 Å². The first-order valence-electron chi connectivity index (χ1n) is 6.18.